The van der Waals surface area contributed by atoms with Gasteiger partial charge >= 0.3 is 0 Å². The first-order valence-corrected chi connectivity index (χ1v) is 10.9. The van der Waals surface area contributed by atoms with Crippen molar-refractivity contribution in [3.63, 3.8) is 0 Å². The van der Waals surface area contributed by atoms with E-state index < -0.39 is 15.8 Å². The fraction of sp³-hybridized carbons (Fsp3) is 0.400. The Morgan fingerprint density at radius 2 is 1.93 bits per heavy atom. The molecule has 1 spiro atoms. The highest BCUT2D eigenvalue weighted by molar-refractivity contribution is 7.88. The minimum absolute atomic E-state index is 0.0512. The van der Waals surface area contributed by atoms with Crippen LogP contribution in [0.1, 0.15) is 18.4 Å². The van der Waals surface area contributed by atoms with Crippen LogP contribution in [0, 0.1) is 17.0 Å². The predicted octanol–water partition coefficient (Wildman–Crippen LogP) is 2.84. The van der Waals surface area contributed by atoms with E-state index in [1.165, 1.54) is 12.1 Å². The number of sulfonamides is 1. The minimum Gasteiger partial charge on any atom is -0.311 e. The van der Waals surface area contributed by atoms with Gasteiger partial charge in [-0.2, -0.15) is 0 Å². The highest BCUT2D eigenvalue weighted by Crippen LogP contribution is 2.52. The van der Waals surface area contributed by atoms with E-state index in [0.29, 0.717) is 23.1 Å². The standard InChI is InChI=1S/C20H22F2N2O2S/c1-27(25,26)24-19-17(23-12-20(19)8-9-20)11-14-5-3-7-16(18(14)22)13-4-2-6-15(21)10-13/h2-7,10,17,19,23-24H,8-9,11-12H2,1H3. The molecule has 2 N–H and O–H groups in total. The van der Waals surface area contributed by atoms with Crippen molar-refractivity contribution in [3.8, 4) is 11.1 Å². The highest BCUT2D eigenvalue weighted by atomic mass is 32.2. The van der Waals surface area contributed by atoms with Gasteiger partial charge in [-0.05, 0) is 42.5 Å². The molecule has 0 bridgehead atoms. The quantitative estimate of drug-likeness (QED) is 0.823. The number of halogens is 2. The van der Waals surface area contributed by atoms with Crippen molar-refractivity contribution < 1.29 is 17.2 Å². The zero-order chi connectivity index (χ0) is 19.2. The first-order chi connectivity index (χ1) is 12.8. The number of benzene rings is 2. The summed E-state index contributed by atoms with van der Waals surface area (Å²) < 4.78 is 55.0. The van der Waals surface area contributed by atoms with Crippen LogP contribution in [0.3, 0.4) is 0 Å². The summed E-state index contributed by atoms with van der Waals surface area (Å²) >= 11 is 0. The van der Waals surface area contributed by atoms with Gasteiger partial charge in [0.2, 0.25) is 10.0 Å². The zero-order valence-electron chi connectivity index (χ0n) is 15.0. The molecule has 27 heavy (non-hydrogen) atoms. The minimum atomic E-state index is -3.36. The summed E-state index contributed by atoms with van der Waals surface area (Å²) in [4.78, 5) is 0. The van der Waals surface area contributed by atoms with Crippen molar-refractivity contribution in [2.45, 2.75) is 31.3 Å². The van der Waals surface area contributed by atoms with E-state index in [2.05, 4.69) is 10.0 Å². The molecule has 2 aromatic rings. The van der Waals surface area contributed by atoms with Crippen molar-refractivity contribution in [2.24, 2.45) is 5.41 Å². The van der Waals surface area contributed by atoms with Crippen LogP contribution in [-0.4, -0.2) is 33.3 Å². The van der Waals surface area contributed by atoms with Gasteiger partial charge in [-0.25, -0.2) is 21.9 Å². The summed E-state index contributed by atoms with van der Waals surface area (Å²) in [7, 11) is -3.36. The van der Waals surface area contributed by atoms with Gasteiger partial charge in [-0.1, -0.05) is 30.3 Å². The molecule has 0 aromatic heterocycles. The first-order valence-electron chi connectivity index (χ1n) is 9.01. The molecular weight excluding hydrogens is 370 g/mol. The molecule has 1 heterocycles. The van der Waals surface area contributed by atoms with Crippen molar-refractivity contribution in [1.82, 2.24) is 10.0 Å². The van der Waals surface area contributed by atoms with Gasteiger partial charge in [-0.15, -0.1) is 0 Å². The maximum atomic E-state index is 15.1. The Bertz CT molecular complexity index is 974. The normalized spacial score (nSPS) is 23.7. The molecule has 2 atom stereocenters. The van der Waals surface area contributed by atoms with Crippen LogP contribution in [0.4, 0.5) is 8.78 Å². The van der Waals surface area contributed by atoms with E-state index in [1.54, 1.807) is 30.3 Å². The summed E-state index contributed by atoms with van der Waals surface area (Å²) in [5.41, 5.74) is 1.27. The Balaban J connectivity index is 1.62. The molecule has 2 fully saturated rings. The average Bonchev–Trinajstić information content (AvgIpc) is 3.31. The lowest BCUT2D eigenvalue weighted by Gasteiger charge is -2.24. The lowest BCUT2D eigenvalue weighted by molar-refractivity contribution is 0.407. The number of hydrogen-bond donors (Lipinski definition) is 2. The Hall–Kier alpha value is -1.83. The van der Waals surface area contributed by atoms with Gasteiger partial charge in [0.25, 0.3) is 0 Å². The smallest absolute Gasteiger partial charge is 0.209 e. The monoisotopic (exact) mass is 392 g/mol. The molecular formula is C20H22F2N2O2S. The third kappa shape index (κ3) is 3.77. The largest absolute Gasteiger partial charge is 0.311 e. The summed E-state index contributed by atoms with van der Waals surface area (Å²) in [6, 6.07) is 10.5. The topological polar surface area (TPSA) is 58.2 Å². The number of hydrogen-bond acceptors (Lipinski definition) is 3. The van der Waals surface area contributed by atoms with Crippen molar-refractivity contribution in [3.05, 3.63) is 59.7 Å². The van der Waals surface area contributed by atoms with E-state index in [4.69, 9.17) is 0 Å². The Morgan fingerprint density at radius 1 is 1.19 bits per heavy atom. The Kier molecular flexibility index (Phi) is 4.56. The van der Waals surface area contributed by atoms with Gasteiger partial charge in [0.1, 0.15) is 11.6 Å². The molecule has 4 nitrogen and oxygen atoms in total. The third-order valence-electron chi connectivity index (χ3n) is 5.67. The van der Waals surface area contributed by atoms with Gasteiger partial charge < -0.3 is 5.32 Å². The van der Waals surface area contributed by atoms with Crippen LogP contribution >= 0.6 is 0 Å². The summed E-state index contributed by atoms with van der Waals surface area (Å²) in [5, 5.41) is 3.37. The lowest BCUT2D eigenvalue weighted by atomic mass is 9.91. The van der Waals surface area contributed by atoms with Crippen molar-refractivity contribution >= 4 is 10.0 Å². The zero-order valence-corrected chi connectivity index (χ0v) is 15.8. The summed E-state index contributed by atoms with van der Waals surface area (Å²) in [6.45, 7) is 0.732. The molecule has 1 aliphatic carbocycles. The molecule has 0 radical (unpaired) electrons. The van der Waals surface area contributed by atoms with E-state index in [1.807, 2.05) is 0 Å². The van der Waals surface area contributed by atoms with Gasteiger partial charge in [0, 0.05) is 29.6 Å². The van der Waals surface area contributed by atoms with E-state index in [0.717, 1.165) is 25.6 Å². The Labute approximate surface area is 158 Å². The maximum Gasteiger partial charge on any atom is 0.209 e. The number of rotatable bonds is 5. The van der Waals surface area contributed by atoms with Gasteiger partial charge in [0.05, 0.1) is 6.26 Å². The Morgan fingerprint density at radius 3 is 2.59 bits per heavy atom. The third-order valence-corrected chi connectivity index (χ3v) is 6.35. The second kappa shape index (κ2) is 6.65. The van der Waals surface area contributed by atoms with Crippen LogP contribution in [0.25, 0.3) is 11.1 Å². The van der Waals surface area contributed by atoms with Crippen LogP contribution in [0.2, 0.25) is 0 Å². The maximum absolute atomic E-state index is 15.1. The molecule has 2 unspecified atom stereocenters. The van der Waals surface area contributed by atoms with E-state index >= 15 is 4.39 Å². The molecule has 2 aliphatic rings. The predicted molar refractivity (Wildman–Crippen MR) is 101 cm³/mol. The van der Waals surface area contributed by atoms with Crippen molar-refractivity contribution in [1.29, 1.82) is 0 Å². The average molecular weight is 392 g/mol. The second-order valence-electron chi connectivity index (χ2n) is 7.71. The van der Waals surface area contributed by atoms with E-state index in [9.17, 15) is 12.8 Å². The molecule has 1 saturated carbocycles. The van der Waals surface area contributed by atoms with Gasteiger partial charge in [-0.3, -0.25) is 0 Å². The molecule has 1 saturated heterocycles. The molecule has 2 aromatic carbocycles. The van der Waals surface area contributed by atoms with Crippen LogP contribution in [0.15, 0.2) is 42.5 Å². The van der Waals surface area contributed by atoms with Crippen LogP contribution in [0.5, 0.6) is 0 Å². The van der Waals surface area contributed by atoms with Crippen LogP contribution in [-0.2, 0) is 16.4 Å². The van der Waals surface area contributed by atoms with Crippen LogP contribution < -0.4 is 10.0 Å². The summed E-state index contributed by atoms with van der Waals surface area (Å²) in [5.74, 6) is -0.803. The SMILES string of the molecule is CS(=O)(=O)NC1C(Cc2cccc(-c3cccc(F)c3)c2F)NCC12CC2. The highest BCUT2D eigenvalue weighted by Gasteiger charge is 2.56. The fourth-order valence-electron chi connectivity index (χ4n) is 4.12. The summed E-state index contributed by atoms with van der Waals surface area (Å²) in [6.07, 6.45) is 3.46. The fourth-order valence-corrected chi connectivity index (χ4v) is 4.99. The molecule has 7 heteroatoms. The molecule has 144 valence electrons. The van der Waals surface area contributed by atoms with Gasteiger partial charge in [0.15, 0.2) is 0 Å². The number of nitrogens with one attached hydrogen (secondary N) is 2. The first kappa shape index (κ1) is 18.5. The molecule has 0 amide bonds. The van der Waals surface area contributed by atoms with Crippen molar-refractivity contribution in [2.75, 3.05) is 12.8 Å². The lowest BCUT2D eigenvalue weighted by Crippen LogP contribution is -2.47. The van der Waals surface area contributed by atoms with E-state index in [-0.39, 0.29) is 23.3 Å². The second-order valence-corrected chi connectivity index (χ2v) is 9.49. The molecule has 1 aliphatic heterocycles. The molecule has 4 rings (SSSR count).